The molecular weight excluding hydrogens is 606 g/mol. The summed E-state index contributed by atoms with van der Waals surface area (Å²) in [7, 11) is 2.79. The number of carbonyl (C=O) groups is 6. The number of amides is 3. The minimum atomic E-state index is -1.04. The van der Waals surface area contributed by atoms with Crippen LogP contribution in [0.15, 0.2) is 88.8 Å². The molecule has 12 nitrogen and oxygen atoms in total. The maximum absolute atomic E-state index is 13.8. The SMILES string of the molecule is CO[C@H]1/C=C\C=C(\C)C(=O)NC2=CC(=O)C(NC(=O)c3ccccc3)=C(C[C@@H](C)C[C@@H](OC)C(=O)[C@@H](C)/C=C(/C)[C@H]1OC(N)=O)C2=O. The zero-order valence-electron chi connectivity index (χ0n) is 27.3. The van der Waals surface area contributed by atoms with Crippen LogP contribution >= 0.6 is 0 Å². The Morgan fingerprint density at radius 2 is 1.68 bits per heavy atom. The number of methoxy groups -OCH3 is 2. The molecule has 250 valence electrons. The fourth-order valence-electron chi connectivity index (χ4n) is 5.34. The van der Waals surface area contributed by atoms with Crippen molar-refractivity contribution in [1.82, 2.24) is 10.6 Å². The zero-order valence-corrected chi connectivity index (χ0v) is 27.3. The number of rotatable bonds is 5. The molecule has 2 aliphatic rings. The lowest BCUT2D eigenvalue weighted by Gasteiger charge is -2.26. The Labute approximate surface area is 273 Å². The van der Waals surface area contributed by atoms with Crippen LogP contribution in [0.5, 0.6) is 0 Å². The molecule has 4 N–H and O–H groups in total. The molecular formula is C35H41N3O9. The fourth-order valence-corrected chi connectivity index (χ4v) is 5.34. The van der Waals surface area contributed by atoms with Crippen molar-refractivity contribution < 1.29 is 43.0 Å². The number of Topliss-reactive ketones (excluding diaryl/α,β-unsaturated/α-hetero) is 2. The number of primary amides is 1. The highest BCUT2D eigenvalue weighted by Gasteiger charge is 2.34. The molecule has 1 aliphatic heterocycles. The van der Waals surface area contributed by atoms with Gasteiger partial charge in [-0.2, -0.15) is 0 Å². The van der Waals surface area contributed by atoms with E-state index in [2.05, 4.69) is 10.6 Å². The van der Waals surface area contributed by atoms with E-state index >= 15 is 0 Å². The number of allylic oxidation sites excluding steroid dienone is 5. The first kappa shape index (κ1) is 36.5. The number of benzene rings is 1. The molecule has 5 atom stereocenters. The van der Waals surface area contributed by atoms with Crippen LogP contribution < -0.4 is 16.4 Å². The highest BCUT2D eigenvalue weighted by Crippen LogP contribution is 2.28. The van der Waals surface area contributed by atoms with Crippen molar-refractivity contribution in [3.8, 4) is 0 Å². The molecule has 1 aromatic carbocycles. The zero-order chi connectivity index (χ0) is 34.8. The predicted molar refractivity (Wildman–Crippen MR) is 172 cm³/mol. The van der Waals surface area contributed by atoms with Gasteiger partial charge in [0.15, 0.2) is 11.9 Å². The molecule has 0 saturated heterocycles. The summed E-state index contributed by atoms with van der Waals surface area (Å²) < 4.78 is 16.4. The molecule has 1 aliphatic carbocycles. The van der Waals surface area contributed by atoms with Gasteiger partial charge in [-0.3, -0.25) is 24.0 Å². The Bertz CT molecular complexity index is 1570. The third-order valence-electron chi connectivity index (χ3n) is 7.87. The topological polar surface area (TPSA) is 180 Å². The first-order chi connectivity index (χ1) is 22.3. The van der Waals surface area contributed by atoms with Crippen LogP contribution in [0.2, 0.25) is 0 Å². The molecule has 0 fully saturated rings. The van der Waals surface area contributed by atoms with Crippen molar-refractivity contribution in [3.63, 3.8) is 0 Å². The van der Waals surface area contributed by atoms with E-state index in [0.29, 0.717) is 5.57 Å². The summed E-state index contributed by atoms with van der Waals surface area (Å²) in [6, 6.07) is 8.21. The van der Waals surface area contributed by atoms with Crippen LogP contribution in [0.25, 0.3) is 0 Å². The van der Waals surface area contributed by atoms with E-state index in [0.717, 1.165) is 6.08 Å². The van der Waals surface area contributed by atoms with Crippen molar-refractivity contribution in [3.05, 3.63) is 94.4 Å². The van der Waals surface area contributed by atoms with Gasteiger partial charge in [0.25, 0.3) is 11.8 Å². The maximum Gasteiger partial charge on any atom is 0.405 e. The van der Waals surface area contributed by atoms with Gasteiger partial charge in [-0.25, -0.2) is 4.79 Å². The summed E-state index contributed by atoms with van der Waals surface area (Å²) in [5.41, 5.74) is 5.82. The predicted octanol–water partition coefficient (Wildman–Crippen LogP) is 3.40. The quantitative estimate of drug-likeness (QED) is 0.319. The van der Waals surface area contributed by atoms with E-state index in [1.807, 2.05) is 0 Å². The van der Waals surface area contributed by atoms with Gasteiger partial charge in [-0.1, -0.05) is 56.4 Å². The van der Waals surface area contributed by atoms with Gasteiger partial charge in [0, 0.05) is 42.9 Å². The lowest BCUT2D eigenvalue weighted by Crippen LogP contribution is -2.38. The van der Waals surface area contributed by atoms with Gasteiger partial charge in [0.2, 0.25) is 11.6 Å². The van der Waals surface area contributed by atoms with E-state index < -0.39 is 59.6 Å². The van der Waals surface area contributed by atoms with Gasteiger partial charge in [0.1, 0.15) is 12.2 Å². The van der Waals surface area contributed by atoms with Crippen LogP contribution in [0.3, 0.4) is 0 Å². The van der Waals surface area contributed by atoms with Crippen LogP contribution in [0, 0.1) is 11.8 Å². The number of hydrogen-bond acceptors (Lipinski definition) is 9. The second-order valence-electron chi connectivity index (χ2n) is 11.5. The van der Waals surface area contributed by atoms with E-state index in [1.165, 1.54) is 33.3 Å². The summed E-state index contributed by atoms with van der Waals surface area (Å²) in [4.78, 5) is 78.6. The first-order valence-electron chi connectivity index (χ1n) is 15.1. The first-order valence-corrected chi connectivity index (χ1v) is 15.1. The average Bonchev–Trinajstić information content (AvgIpc) is 3.04. The van der Waals surface area contributed by atoms with Crippen LogP contribution in [-0.4, -0.2) is 67.8 Å². The Hall–Kier alpha value is -4.94. The standard InChI is InChI=1S/C35H41N3O9/c1-19-15-24-29(38-34(43)23-12-8-7-9-13-23)26(39)18-25(31(24)41)37-33(42)20(2)11-10-14-27(45-5)32(47-35(36)44)22(4)17-21(3)30(40)28(16-19)46-6/h7-14,17-19,21,27-28,32H,15-16H2,1-6H3,(H2,36,44)(H,37,42)(H,38,43)/b14-10-,20-11-,22-17-/t19-,21+,27+,28-,32-/m1/s1. The molecule has 0 radical (unpaired) electrons. The summed E-state index contributed by atoms with van der Waals surface area (Å²) >= 11 is 0. The van der Waals surface area contributed by atoms with Crippen LogP contribution in [0.1, 0.15) is 50.9 Å². The molecule has 1 aromatic rings. The van der Waals surface area contributed by atoms with Gasteiger partial charge >= 0.3 is 6.09 Å². The van der Waals surface area contributed by atoms with Crippen LogP contribution in [-0.2, 0) is 33.4 Å². The van der Waals surface area contributed by atoms with E-state index in [9.17, 15) is 28.8 Å². The minimum Gasteiger partial charge on any atom is -0.439 e. The highest BCUT2D eigenvalue weighted by atomic mass is 16.6. The summed E-state index contributed by atoms with van der Waals surface area (Å²) in [6.45, 7) is 6.63. The smallest absolute Gasteiger partial charge is 0.405 e. The summed E-state index contributed by atoms with van der Waals surface area (Å²) in [6.07, 6.45) is 3.48. The van der Waals surface area contributed by atoms with Crippen LogP contribution in [0.4, 0.5) is 4.79 Å². The Morgan fingerprint density at radius 1 is 1.00 bits per heavy atom. The average molecular weight is 648 g/mol. The lowest BCUT2D eigenvalue weighted by molar-refractivity contribution is -0.132. The number of nitrogens with one attached hydrogen (secondary N) is 2. The normalized spacial score (nSPS) is 27.9. The van der Waals surface area contributed by atoms with E-state index in [4.69, 9.17) is 19.9 Å². The number of carbonyl (C=O) groups excluding carboxylic acids is 6. The van der Waals surface area contributed by atoms with Crippen molar-refractivity contribution in [2.24, 2.45) is 17.6 Å². The number of ether oxygens (including phenoxy) is 3. The van der Waals surface area contributed by atoms with E-state index in [1.54, 1.807) is 63.3 Å². The van der Waals surface area contributed by atoms with Gasteiger partial charge < -0.3 is 30.6 Å². The van der Waals surface area contributed by atoms with Crippen molar-refractivity contribution >= 4 is 35.3 Å². The number of ketones is 3. The Kier molecular flexibility index (Phi) is 12.9. The fraction of sp³-hybridized carbons (Fsp3) is 0.371. The third kappa shape index (κ3) is 9.53. The minimum absolute atomic E-state index is 0.00973. The monoisotopic (exact) mass is 647 g/mol. The highest BCUT2D eigenvalue weighted by molar-refractivity contribution is 6.24. The third-order valence-corrected chi connectivity index (χ3v) is 7.87. The Morgan fingerprint density at radius 3 is 2.30 bits per heavy atom. The van der Waals surface area contributed by atoms with Crippen molar-refractivity contribution in [2.75, 3.05) is 14.2 Å². The number of hydrogen-bond donors (Lipinski definition) is 3. The van der Waals surface area contributed by atoms with Gasteiger partial charge in [0.05, 0.1) is 11.4 Å². The molecule has 0 aromatic heterocycles. The second kappa shape index (κ2) is 16.6. The van der Waals surface area contributed by atoms with Gasteiger partial charge in [-0.05, 0) is 50.3 Å². The largest absolute Gasteiger partial charge is 0.439 e. The molecule has 2 bridgehead atoms. The molecule has 0 saturated carbocycles. The van der Waals surface area contributed by atoms with Crippen molar-refractivity contribution in [1.29, 1.82) is 0 Å². The molecule has 12 heteroatoms. The molecule has 47 heavy (non-hydrogen) atoms. The molecule has 1 heterocycles. The molecule has 3 amide bonds. The van der Waals surface area contributed by atoms with E-state index in [-0.39, 0.29) is 46.7 Å². The number of fused-ring (bicyclic) bond motifs is 2. The molecule has 0 unspecified atom stereocenters. The molecule has 0 spiro atoms. The molecule has 3 rings (SSSR count). The lowest BCUT2D eigenvalue weighted by atomic mass is 9.85. The van der Waals surface area contributed by atoms with Crippen molar-refractivity contribution in [2.45, 2.75) is 58.8 Å². The summed E-state index contributed by atoms with van der Waals surface area (Å²) in [5.74, 6) is -3.92. The second-order valence-corrected chi connectivity index (χ2v) is 11.5. The summed E-state index contributed by atoms with van der Waals surface area (Å²) in [5, 5.41) is 5.10. The Balaban J connectivity index is 2.10. The van der Waals surface area contributed by atoms with Gasteiger partial charge in [-0.15, -0.1) is 0 Å². The number of nitrogens with two attached hydrogens (primary N) is 1. The maximum atomic E-state index is 13.8.